The summed E-state index contributed by atoms with van der Waals surface area (Å²) in [5, 5.41) is 0. The molecule has 1 aliphatic carbocycles. The maximum absolute atomic E-state index is 10.4. The molecule has 1 aliphatic rings. The minimum atomic E-state index is -0.284. The molecule has 0 heterocycles. The van der Waals surface area contributed by atoms with Gasteiger partial charge in [-0.05, 0) is 25.7 Å². The van der Waals surface area contributed by atoms with Crippen LogP contribution in [0.5, 0.6) is 0 Å². The summed E-state index contributed by atoms with van der Waals surface area (Å²) < 4.78 is 0. The van der Waals surface area contributed by atoms with Crippen molar-refractivity contribution in [3.8, 4) is 0 Å². The van der Waals surface area contributed by atoms with Gasteiger partial charge in [0, 0.05) is 5.41 Å². The Kier molecular flexibility index (Phi) is 5.89. The fraction of sp³-hybridized carbons (Fsp3) is 0.750. The largest absolute Gasteiger partial charge is 0.235 e. The first-order valence-corrected chi connectivity index (χ1v) is 5.93. The molecule has 6 heteroatoms. The Labute approximate surface area is 105 Å². The van der Waals surface area contributed by atoms with Crippen molar-refractivity contribution in [2.45, 2.75) is 38.1 Å². The van der Waals surface area contributed by atoms with E-state index in [2.05, 4.69) is 15.0 Å². The van der Waals surface area contributed by atoms with Crippen molar-refractivity contribution in [1.82, 2.24) is 0 Å². The molecule has 0 bridgehead atoms. The monoisotopic (exact) mass is 249 g/mol. The maximum Gasteiger partial charge on any atom is 0.235 e. The lowest BCUT2D eigenvalue weighted by Gasteiger charge is -2.30. The highest BCUT2D eigenvalue weighted by atomic mass is 16.1. The topological polar surface area (TPSA) is 88.3 Å². The van der Waals surface area contributed by atoms with Crippen LogP contribution in [0.4, 0.5) is 0 Å². The third kappa shape index (κ3) is 3.57. The highest BCUT2D eigenvalue weighted by Crippen LogP contribution is 2.44. The van der Waals surface area contributed by atoms with Crippen LogP contribution in [0.2, 0.25) is 0 Å². The van der Waals surface area contributed by atoms with E-state index in [9.17, 15) is 14.4 Å². The van der Waals surface area contributed by atoms with Gasteiger partial charge in [-0.1, -0.05) is 6.42 Å². The van der Waals surface area contributed by atoms with Gasteiger partial charge in [-0.15, -0.1) is 0 Å². The normalized spacial score (nSPS) is 25.7. The van der Waals surface area contributed by atoms with Gasteiger partial charge < -0.3 is 0 Å². The molecule has 0 aromatic heterocycles. The van der Waals surface area contributed by atoms with Crippen LogP contribution in [-0.4, -0.2) is 37.4 Å². The van der Waals surface area contributed by atoms with Gasteiger partial charge in [-0.25, -0.2) is 29.4 Å². The van der Waals surface area contributed by atoms with Crippen molar-refractivity contribution < 1.29 is 14.4 Å². The number of hydrogen-bond donors (Lipinski definition) is 0. The molecule has 96 valence electrons. The molecule has 1 fully saturated rings. The first-order valence-electron chi connectivity index (χ1n) is 5.93. The van der Waals surface area contributed by atoms with Crippen LogP contribution in [0.3, 0.4) is 0 Å². The van der Waals surface area contributed by atoms with E-state index in [-0.39, 0.29) is 11.5 Å². The zero-order valence-corrected chi connectivity index (χ0v) is 10.1. The van der Waals surface area contributed by atoms with E-state index in [0.717, 1.165) is 25.7 Å². The van der Waals surface area contributed by atoms with Gasteiger partial charge in [0.2, 0.25) is 18.2 Å². The smallest absolute Gasteiger partial charge is 0.211 e. The van der Waals surface area contributed by atoms with E-state index in [1.54, 1.807) is 6.08 Å². The van der Waals surface area contributed by atoms with Crippen LogP contribution >= 0.6 is 0 Å². The molecule has 2 unspecified atom stereocenters. The van der Waals surface area contributed by atoms with E-state index >= 15 is 0 Å². The minimum Gasteiger partial charge on any atom is -0.211 e. The molecule has 6 nitrogen and oxygen atoms in total. The van der Waals surface area contributed by atoms with Gasteiger partial charge in [0.1, 0.15) is 0 Å². The highest BCUT2D eigenvalue weighted by Gasteiger charge is 2.42. The second kappa shape index (κ2) is 7.46. The number of nitrogens with zero attached hydrogens (tertiary/aromatic N) is 3. The Bertz CT molecular complexity index is 418. The van der Waals surface area contributed by atoms with Gasteiger partial charge >= 0.3 is 0 Å². The predicted molar refractivity (Wildman–Crippen MR) is 63.4 cm³/mol. The highest BCUT2D eigenvalue weighted by molar-refractivity contribution is 5.35. The van der Waals surface area contributed by atoms with Crippen LogP contribution in [0.1, 0.15) is 32.1 Å². The van der Waals surface area contributed by atoms with Crippen molar-refractivity contribution in [1.29, 1.82) is 0 Å². The number of hydrogen-bond acceptors (Lipinski definition) is 6. The number of aliphatic imine (C=N–C) groups is 3. The predicted octanol–water partition coefficient (Wildman–Crippen LogP) is 1.31. The molecule has 2 atom stereocenters. The van der Waals surface area contributed by atoms with E-state index in [0.29, 0.717) is 19.5 Å². The molecule has 1 rings (SSSR count). The molecule has 1 saturated carbocycles. The SMILES string of the molecule is O=C=NCCCC1(CN=C=O)CCCC1N=C=O. The van der Waals surface area contributed by atoms with Crippen molar-refractivity contribution in [3.05, 3.63) is 0 Å². The zero-order valence-electron chi connectivity index (χ0n) is 10.1. The summed E-state index contributed by atoms with van der Waals surface area (Å²) in [5.74, 6) is 0. The molecule has 0 aromatic rings. The molecule has 0 saturated heterocycles. The third-order valence-electron chi connectivity index (χ3n) is 3.54. The lowest BCUT2D eigenvalue weighted by atomic mass is 9.78. The van der Waals surface area contributed by atoms with E-state index in [1.165, 1.54) is 12.2 Å². The van der Waals surface area contributed by atoms with Gasteiger partial charge in [0.25, 0.3) is 0 Å². The number of isocyanates is 3. The maximum atomic E-state index is 10.4. The molecular formula is C12H15N3O3. The quantitative estimate of drug-likeness (QED) is 0.387. The lowest BCUT2D eigenvalue weighted by Crippen LogP contribution is -2.32. The number of carbonyl (C=O) groups excluding carboxylic acids is 3. The summed E-state index contributed by atoms with van der Waals surface area (Å²) in [5.41, 5.74) is -0.284. The molecular weight excluding hydrogens is 234 g/mol. The fourth-order valence-electron chi connectivity index (χ4n) is 2.69. The van der Waals surface area contributed by atoms with Crippen LogP contribution in [0, 0.1) is 5.41 Å². The molecule has 0 aliphatic heterocycles. The molecule has 0 aromatic carbocycles. The summed E-state index contributed by atoms with van der Waals surface area (Å²) in [6, 6.07) is -0.146. The van der Waals surface area contributed by atoms with Crippen LogP contribution in [-0.2, 0) is 14.4 Å². The van der Waals surface area contributed by atoms with Gasteiger partial charge in [-0.3, -0.25) is 0 Å². The van der Waals surface area contributed by atoms with Crippen molar-refractivity contribution in [3.63, 3.8) is 0 Å². The lowest BCUT2D eigenvalue weighted by molar-refractivity contribution is 0.244. The number of rotatable bonds is 7. The first-order chi connectivity index (χ1) is 8.79. The van der Waals surface area contributed by atoms with E-state index in [1.807, 2.05) is 0 Å². The minimum absolute atomic E-state index is 0.146. The average Bonchev–Trinajstić information content (AvgIpc) is 2.77. The first kappa shape index (κ1) is 14.2. The fourth-order valence-corrected chi connectivity index (χ4v) is 2.69. The Balaban J connectivity index is 2.76. The van der Waals surface area contributed by atoms with E-state index < -0.39 is 0 Å². The average molecular weight is 249 g/mol. The summed E-state index contributed by atoms with van der Waals surface area (Å²) >= 11 is 0. The Hall–Kier alpha value is -1.86. The van der Waals surface area contributed by atoms with Gasteiger partial charge in [0.15, 0.2) is 0 Å². The van der Waals surface area contributed by atoms with Crippen molar-refractivity contribution in [2.24, 2.45) is 20.4 Å². The second-order valence-corrected chi connectivity index (χ2v) is 4.47. The summed E-state index contributed by atoms with van der Waals surface area (Å²) in [6.45, 7) is 0.713. The molecule has 0 radical (unpaired) electrons. The van der Waals surface area contributed by atoms with Crippen LogP contribution in [0.15, 0.2) is 15.0 Å². The standard InChI is InChI=1S/C12H15N3O3/c16-8-13-6-2-5-12(7-14-9-17)4-1-3-11(12)15-10-18/h11H,1-7H2. The van der Waals surface area contributed by atoms with Gasteiger partial charge in [-0.2, -0.15) is 0 Å². The van der Waals surface area contributed by atoms with Crippen LogP contribution in [0.25, 0.3) is 0 Å². The van der Waals surface area contributed by atoms with E-state index in [4.69, 9.17) is 0 Å². The molecule has 0 spiro atoms. The van der Waals surface area contributed by atoms with Crippen molar-refractivity contribution in [2.75, 3.05) is 13.1 Å². The Morgan fingerprint density at radius 3 is 2.56 bits per heavy atom. The third-order valence-corrected chi connectivity index (χ3v) is 3.54. The molecule has 18 heavy (non-hydrogen) atoms. The van der Waals surface area contributed by atoms with Crippen LogP contribution < -0.4 is 0 Å². The molecule has 0 amide bonds. The Morgan fingerprint density at radius 1 is 1.11 bits per heavy atom. The summed E-state index contributed by atoms with van der Waals surface area (Å²) in [6.07, 6.45) is 8.63. The van der Waals surface area contributed by atoms with Crippen molar-refractivity contribution >= 4 is 18.2 Å². The summed E-state index contributed by atoms with van der Waals surface area (Å²) in [7, 11) is 0. The zero-order chi connectivity index (χ0) is 13.3. The summed E-state index contributed by atoms with van der Waals surface area (Å²) in [4.78, 5) is 41.7. The second-order valence-electron chi connectivity index (χ2n) is 4.47. The Morgan fingerprint density at radius 2 is 1.89 bits per heavy atom. The van der Waals surface area contributed by atoms with Gasteiger partial charge in [0.05, 0.1) is 19.1 Å². The molecule has 0 N–H and O–H groups in total.